The summed E-state index contributed by atoms with van der Waals surface area (Å²) in [6.45, 7) is 6.37. The Morgan fingerprint density at radius 3 is 2.57 bits per heavy atom. The Labute approximate surface area is 204 Å². The summed E-state index contributed by atoms with van der Waals surface area (Å²) in [7, 11) is 3.14. The molecule has 0 fully saturated rings. The predicted octanol–water partition coefficient (Wildman–Crippen LogP) is 3.47. The summed E-state index contributed by atoms with van der Waals surface area (Å²) >= 11 is 0. The summed E-state index contributed by atoms with van der Waals surface area (Å²) in [5, 5.41) is 10.4. The average molecular weight is 481 g/mol. The Bertz CT molecular complexity index is 1290. The van der Waals surface area contributed by atoms with Gasteiger partial charge < -0.3 is 14.8 Å². The van der Waals surface area contributed by atoms with Gasteiger partial charge in [0.2, 0.25) is 5.95 Å². The number of nitrogens with one attached hydrogen (secondary N) is 3. The summed E-state index contributed by atoms with van der Waals surface area (Å²) < 4.78 is 12.1. The van der Waals surface area contributed by atoms with Gasteiger partial charge in [-0.1, -0.05) is 26.8 Å². The van der Waals surface area contributed by atoms with Gasteiger partial charge in [0.1, 0.15) is 5.82 Å². The van der Waals surface area contributed by atoms with Gasteiger partial charge in [-0.15, -0.1) is 0 Å². The fourth-order valence-corrected chi connectivity index (χ4v) is 4.02. The topological polar surface area (TPSA) is 123 Å². The monoisotopic (exact) mass is 480 g/mol. The first-order valence-corrected chi connectivity index (χ1v) is 11.7. The third-order valence-electron chi connectivity index (χ3n) is 6.00. The van der Waals surface area contributed by atoms with Crippen molar-refractivity contribution in [2.45, 2.75) is 58.4 Å². The van der Waals surface area contributed by atoms with E-state index in [1.807, 2.05) is 32.9 Å². The highest BCUT2D eigenvalue weighted by Crippen LogP contribution is 2.28. The molecule has 0 saturated heterocycles. The third kappa shape index (κ3) is 5.31. The number of H-pyrrole nitrogens is 1. The number of methoxy groups -OCH3 is 2. The number of amides is 2. The van der Waals surface area contributed by atoms with Crippen molar-refractivity contribution in [2.75, 3.05) is 19.5 Å². The second kappa shape index (κ2) is 9.81. The van der Waals surface area contributed by atoms with Crippen LogP contribution in [0.5, 0.6) is 11.5 Å². The van der Waals surface area contributed by atoms with Crippen LogP contribution in [0.3, 0.4) is 0 Å². The summed E-state index contributed by atoms with van der Waals surface area (Å²) in [4.78, 5) is 33.0. The zero-order chi connectivity index (χ0) is 25.2. The van der Waals surface area contributed by atoms with E-state index in [0.29, 0.717) is 23.3 Å². The summed E-state index contributed by atoms with van der Waals surface area (Å²) in [6, 6.07) is 6.84. The van der Waals surface area contributed by atoms with E-state index in [4.69, 9.17) is 9.47 Å². The molecule has 1 aliphatic carbocycles. The standard InChI is InChI=1S/C25H32N6O4/c1-25(2,3)20-13-21(28-24(33)26-14-15-10-11-18(34-4)19(12-15)35-5)31(30-20)23-27-17-9-7-6-8-16(17)22(32)29-23/h10-13H,6-9,14H2,1-5H3,(H2,26,28,33)(H,27,29,32). The molecule has 2 amide bonds. The van der Waals surface area contributed by atoms with E-state index in [2.05, 4.69) is 25.7 Å². The molecular formula is C25H32N6O4. The molecule has 0 aliphatic heterocycles. The van der Waals surface area contributed by atoms with E-state index >= 15 is 0 Å². The SMILES string of the molecule is COc1ccc(CNC(=O)Nc2cc(C(C)(C)C)nn2-c2nc3c(c(=O)[nH]2)CCCC3)cc1OC. The Kier molecular flexibility index (Phi) is 6.81. The number of aryl methyl sites for hydroxylation is 1. The Morgan fingerprint density at radius 1 is 1.11 bits per heavy atom. The number of hydrogen-bond acceptors (Lipinski definition) is 6. The third-order valence-corrected chi connectivity index (χ3v) is 6.00. The lowest BCUT2D eigenvalue weighted by Crippen LogP contribution is -2.30. The molecule has 3 N–H and O–H groups in total. The number of rotatable bonds is 6. The van der Waals surface area contributed by atoms with Crippen LogP contribution in [0, 0.1) is 0 Å². The first-order valence-electron chi connectivity index (χ1n) is 11.7. The zero-order valence-electron chi connectivity index (χ0n) is 20.8. The smallest absolute Gasteiger partial charge is 0.320 e. The Hall–Kier alpha value is -3.82. The van der Waals surface area contributed by atoms with Crippen LogP contribution in [-0.2, 0) is 24.8 Å². The van der Waals surface area contributed by atoms with Gasteiger partial charge >= 0.3 is 6.03 Å². The second-order valence-electron chi connectivity index (χ2n) is 9.60. The van der Waals surface area contributed by atoms with Crippen LogP contribution in [0.2, 0.25) is 0 Å². The number of carbonyl (C=O) groups is 1. The molecule has 3 aromatic rings. The van der Waals surface area contributed by atoms with Crippen molar-refractivity contribution in [2.24, 2.45) is 0 Å². The quantitative estimate of drug-likeness (QED) is 0.496. The second-order valence-corrected chi connectivity index (χ2v) is 9.60. The molecular weight excluding hydrogens is 448 g/mol. The first kappa shape index (κ1) is 24.3. The van der Waals surface area contributed by atoms with Crippen LogP contribution in [0.25, 0.3) is 5.95 Å². The number of aromatic nitrogens is 4. The van der Waals surface area contributed by atoms with E-state index in [-0.39, 0.29) is 17.5 Å². The molecule has 0 atom stereocenters. The highest BCUT2D eigenvalue weighted by Gasteiger charge is 2.24. The van der Waals surface area contributed by atoms with Crippen LogP contribution in [0.4, 0.5) is 10.6 Å². The molecule has 10 nitrogen and oxygen atoms in total. The van der Waals surface area contributed by atoms with Crippen LogP contribution >= 0.6 is 0 Å². The highest BCUT2D eigenvalue weighted by atomic mass is 16.5. The number of nitrogens with zero attached hydrogens (tertiary/aromatic N) is 3. The van der Waals surface area contributed by atoms with Crippen molar-refractivity contribution in [1.29, 1.82) is 0 Å². The Balaban J connectivity index is 1.58. The van der Waals surface area contributed by atoms with E-state index in [0.717, 1.165) is 48.2 Å². The fraction of sp³-hybridized carbons (Fsp3) is 0.440. The lowest BCUT2D eigenvalue weighted by atomic mass is 9.92. The zero-order valence-corrected chi connectivity index (χ0v) is 20.8. The van der Waals surface area contributed by atoms with Gasteiger partial charge in [-0.2, -0.15) is 9.78 Å². The minimum atomic E-state index is -0.415. The van der Waals surface area contributed by atoms with Crippen LogP contribution in [-0.4, -0.2) is 40.0 Å². The largest absolute Gasteiger partial charge is 0.493 e. The summed E-state index contributed by atoms with van der Waals surface area (Å²) in [6.07, 6.45) is 3.47. The van der Waals surface area contributed by atoms with Gasteiger partial charge in [0, 0.05) is 23.6 Å². The number of ether oxygens (including phenoxy) is 2. The van der Waals surface area contributed by atoms with Gasteiger partial charge in [0.15, 0.2) is 11.5 Å². The molecule has 1 aromatic carbocycles. The number of hydrogen-bond donors (Lipinski definition) is 3. The first-order chi connectivity index (χ1) is 16.7. The van der Waals surface area contributed by atoms with Crippen molar-refractivity contribution in [3.05, 3.63) is 57.1 Å². The van der Waals surface area contributed by atoms with E-state index in [9.17, 15) is 9.59 Å². The summed E-state index contributed by atoms with van der Waals surface area (Å²) in [5.41, 5.74) is 2.72. The van der Waals surface area contributed by atoms with Gasteiger partial charge in [-0.3, -0.25) is 15.1 Å². The molecule has 10 heteroatoms. The number of carbonyl (C=O) groups excluding carboxylic acids is 1. The molecule has 4 rings (SSSR count). The van der Waals surface area contributed by atoms with Gasteiger partial charge in [0.25, 0.3) is 5.56 Å². The van der Waals surface area contributed by atoms with E-state index in [1.54, 1.807) is 26.4 Å². The molecule has 1 aliphatic rings. The molecule has 0 spiro atoms. The normalized spacial score (nSPS) is 13.2. The molecule has 2 heterocycles. The molecule has 0 saturated carbocycles. The summed E-state index contributed by atoms with van der Waals surface area (Å²) in [5.74, 6) is 1.91. The fourth-order valence-electron chi connectivity index (χ4n) is 4.02. The maximum atomic E-state index is 12.8. The van der Waals surface area contributed by atoms with Crippen molar-refractivity contribution in [1.82, 2.24) is 25.1 Å². The molecule has 2 aromatic heterocycles. The lowest BCUT2D eigenvalue weighted by molar-refractivity contribution is 0.251. The number of benzene rings is 1. The van der Waals surface area contributed by atoms with Gasteiger partial charge in [-0.25, -0.2) is 9.78 Å². The van der Waals surface area contributed by atoms with Crippen molar-refractivity contribution in [3.63, 3.8) is 0 Å². The number of fused-ring (bicyclic) bond motifs is 1. The van der Waals surface area contributed by atoms with Crippen LogP contribution < -0.4 is 25.7 Å². The molecule has 0 unspecified atom stereocenters. The predicted molar refractivity (Wildman–Crippen MR) is 133 cm³/mol. The molecule has 0 radical (unpaired) electrons. The highest BCUT2D eigenvalue weighted by molar-refractivity contribution is 5.88. The van der Waals surface area contributed by atoms with E-state index in [1.165, 1.54) is 4.68 Å². The minimum Gasteiger partial charge on any atom is -0.493 e. The maximum absolute atomic E-state index is 12.8. The van der Waals surface area contributed by atoms with Crippen molar-refractivity contribution < 1.29 is 14.3 Å². The average Bonchev–Trinajstić information content (AvgIpc) is 3.27. The number of aromatic amines is 1. The van der Waals surface area contributed by atoms with Crippen molar-refractivity contribution in [3.8, 4) is 17.4 Å². The lowest BCUT2D eigenvalue weighted by Gasteiger charge is -2.16. The van der Waals surface area contributed by atoms with Gasteiger partial charge in [0.05, 0.1) is 25.6 Å². The van der Waals surface area contributed by atoms with Crippen LogP contribution in [0.1, 0.15) is 56.1 Å². The number of urea groups is 1. The number of anilines is 1. The minimum absolute atomic E-state index is 0.152. The maximum Gasteiger partial charge on any atom is 0.320 e. The molecule has 0 bridgehead atoms. The van der Waals surface area contributed by atoms with Gasteiger partial charge in [-0.05, 0) is 43.4 Å². The molecule has 35 heavy (non-hydrogen) atoms. The molecule has 186 valence electrons. The van der Waals surface area contributed by atoms with Crippen LogP contribution in [0.15, 0.2) is 29.1 Å². The Morgan fingerprint density at radius 2 is 1.86 bits per heavy atom. The van der Waals surface area contributed by atoms with Crippen molar-refractivity contribution >= 4 is 11.8 Å². The van der Waals surface area contributed by atoms with E-state index < -0.39 is 6.03 Å².